The van der Waals surface area contributed by atoms with Crippen molar-refractivity contribution in [2.45, 2.75) is 20.3 Å². The second-order valence-electron chi connectivity index (χ2n) is 5.44. The Labute approximate surface area is 137 Å². The van der Waals surface area contributed by atoms with E-state index in [1.165, 1.54) is 18.5 Å². The fraction of sp³-hybridized carbons (Fsp3) is 0.176. The van der Waals surface area contributed by atoms with Crippen molar-refractivity contribution in [3.63, 3.8) is 0 Å². The van der Waals surface area contributed by atoms with E-state index in [0.29, 0.717) is 11.3 Å². The van der Waals surface area contributed by atoms with Gasteiger partial charge < -0.3 is 0 Å². The molecule has 0 N–H and O–H groups in total. The van der Waals surface area contributed by atoms with E-state index in [1.54, 1.807) is 23.0 Å². The summed E-state index contributed by atoms with van der Waals surface area (Å²) in [5.74, 6) is 1.33. The van der Waals surface area contributed by atoms with E-state index in [4.69, 9.17) is 0 Å². The summed E-state index contributed by atoms with van der Waals surface area (Å²) >= 11 is 0. The number of aromatic nitrogens is 6. The molecular weight excluding hydrogens is 307 g/mol. The fourth-order valence-electron chi connectivity index (χ4n) is 2.86. The van der Waals surface area contributed by atoms with Gasteiger partial charge in [-0.2, -0.15) is 5.10 Å². The monoisotopic (exact) mass is 322 g/mol. The van der Waals surface area contributed by atoms with Gasteiger partial charge in [-0.1, -0.05) is 13.0 Å². The standard InChI is InChI=1S/C17H15FN6/c1-3-14-19-7-8-23(14)16-15-11(2)22-24(17(15)21-10-20-16)13-6-4-5-12(18)9-13/h4-10H,3H2,1-2H3. The van der Waals surface area contributed by atoms with Gasteiger partial charge in [-0.25, -0.2) is 24.0 Å². The summed E-state index contributed by atoms with van der Waals surface area (Å²) in [7, 11) is 0. The predicted molar refractivity (Wildman–Crippen MR) is 87.9 cm³/mol. The number of halogens is 1. The Morgan fingerprint density at radius 2 is 2.04 bits per heavy atom. The van der Waals surface area contributed by atoms with Gasteiger partial charge in [0, 0.05) is 18.8 Å². The second kappa shape index (κ2) is 5.52. The first kappa shape index (κ1) is 14.5. The molecule has 3 aromatic heterocycles. The normalized spacial score (nSPS) is 11.3. The van der Waals surface area contributed by atoms with E-state index in [2.05, 4.69) is 20.1 Å². The molecule has 120 valence electrons. The highest BCUT2D eigenvalue weighted by Gasteiger charge is 2.17. The van der Waals surface area contributed by atoms with E-state index in [-0.39, 0.29) is 5.82 Å². The van der Waals surface area contributed by atoms with Crippen LogP contribution in [-0.4, -0.2) is 29.3 Å². The lowest BCUT2D eigenvalue weighted by Gasteiger charge is -2.07. The first-order valence-electron chi connectivity index (χ1n) is 7.68. The van der Waals surface area contributed by atoms with Gasteiger partial charge in [-0.15, -0.1) is 0 Å². The number of hydrogen-bond acceptors (Lipinski definition) is 4. The van der Waals surface area contributed by atoms with Crippen molar-refractivity contribution >= 4 is 11.0 Å². The maximum atomic E-state index is 13.6. The van der Waals surface area contributed by atoms with Crippen molar-refractivity contribution in [3.8, 4) is 11.5 Å². The minimum Gasteiger partial charge on any atom is -0.287 e. The summed E-state index contributed by atoms with van der Waals surface area (Å²) < 4.78 is 17.2. The minimum absolute atomic E-state index is 0.314. The number of benzene rings is 1. The highest BCUT2D eigenvalue weighted by molar-refractivity contribution is 5.86. The third kappa shape index (κ3) is 2.17. The molecule has 0 unspecified atom stereocenters. The predicted octanol–water partition coefficient (Wildman–Crippen LogP) is 3.01. The van der Waals surface area contributed by atoms with Crippen LogP contribution in [0.2, 0.25) is 0 Å². The zero-order valence-electron chi connectivity index (χ0n) is 13.3. The molecule has 7 heteroatoms. The molecule has 4 aromatic rings. The Bertz CT molecular complexity index is 1030. The largest absolute Gasteiger partial charge is 0.287 e. The van der Waals surface area contributed by atoms with Crippen LogP contribution in [0.15, 0.2) is 43.0 Å². The Kier molecular flexibility index (Phi) is 3.34. The summed E-state index contributed by atoms with van der Waals surface area (Å²) in [6.45, 7) is 3.94. The Hall–Kier alpha value is -3.09. The molecule has 0 saturated carbocycles. The number of rotatable bonds is 3. The molecule has 0 bridgehead atoms. The molecule has 0 spiro atoms. The molecule has 6 nitrogen and oxygen atoms in total. The van der Waals surface area contributed by atoms with Gasteiger partial charge in [0.25, 0.3) is 0 Å². The van der Waals surface area contributed by atoms with Gasteiger partial charge in [0.05, 0.1) is 16.8 Å². The van der Waals surface area contributed by atoms with Crippen LogP contribution in [0.5, 0.6) is 0 Å². The smallest absolute Gasteiger partial charge is 0.168 e. The summed E-state index contributed by atoms with van der Waals surface area (Å²) in [5.41, 5.74) is 2.04. The first-order chi connectivity index (χ1) is 11.7. The van der Waals surface area contributed by atoms with Crippen LogP contribution in [0.4, 0.5) is 4.39 Å². The second-order valence-corrected chi connectivity index (χ2v) is 5.44. The maximum absolute atomic E-state index is 13.6. The molecule has 0 aliphatic rings. The zero-order valence-corrected chi connectivity index (χ0v) is 13.3. The zero-order chi connectivity index (χ0) is 16.7. The minimum atomic E-state index is -0.314. The quantitative estimate of drug-likeness (QED) is 0.582. The van der Waals surface area contributed by atoms with E-state index in [0.717, 1.165) is 29.1 Å². The van der Waals surface area contributed by atoms with Gasteiger partial charge in [0.1, 0.15) is 18.0 Å². The van der Waals surface area contributed by atoms with Crippen LogP contribution in [-0.2, 0) is 6.42 Å². The molecule has 0 aliphatic carbocycles. The van der Waals surface area contributed by atoms with Crippen molar-refractivity contribution in [3.05, 3.63) is 60.3 Å². The molecule has 0 saturated heterocycles. The average molecular weight is 322 g/mol. The lowest BCUT2D eigenvalue weighted by Crippen LogP contribution is -2.04. The average Bonchev–Trinajstić information content (AvgIpc) is 3.19. The van der Waals surface area contributed by atoms with Crippen LogP contribution in [0.3, 0.4) is 0 Å². The molecule has 24 heavy (non-hydrogen) atoms. The van der Waals surface area contributed by atoms with E-state index in [1.807, 2.05) is 24.6 Å². The molecule has 0 atom stereocenters. The van der Waals surface area contributed by atoms with Crippen molar-refractivity contribution < 1.29 is 4.39 Å². The number of hydrogen-bond donors (Lipinski definition) is 0. The molecule has 0 aliphatic heterocycles. The third-order valence-corrected chi connectivity index (χ3v) is 3.93. The Balaban J connectivity index is 2.00. The number of aryl methyl sites for hydroxylation is 2. The van der Waals surface area contributed by atoms with Crippen molar-refractivity contribution in [2.75, 3.05) is 0 Å². The Morgan fingerprint density at radius 1 is 1.17 bits per heavy atom. The van der Waals surface area contributed by atoms with E-state index >= 15 is 0 Å². The van der Waals surface area contributed by atoms with Crippen LogP contribution >= 0.6 is 0 Å². The van der Waals surface area contributed by atoms with E-state index in [9.17, 15) is 4.39 Å². The number of imidazole rings is 1. The van der Waals surface area contributed by atoms with Crippen LogP contribution in [0, 0.1) is 12.7 Å². The SMILES string of the molecule is CCc1nccn1-c1ncnc2c1c(C)nn2-c1cccc(F)c1. The summed E-state index contributed by atoms with van der Waals surface area (Å²) in [4.78, 5) is 13.1. The highest BCUT2D eigenvalue weighted by atomic mass is 19.1. The van der Waals surface area contributed by atoms with Gasteiger partial charge in [-0.3, -0.25) is 4.57 Å². The maximum Gasteiger partial charge on any atom is 0.168 e. The molecule has 0 amide bonds. The highest BCUT2D eigenvalue weighted by Crippen LogP contribution is 2.25. The topological polar surface area (TPSA) is 61.4 Å². The Morgan fingerprint density at radius 3 is 2.83 bits per heavy atom. The number of fused-ring (bicyclic) bond motifs is 1. The van der Waals surface area contributed by atoms with E-state index < -0.39 is 0 Å². The third-order valence-electron chi connectivity index (χ3n) is 3.93. The number of nitrogens with zero attached hydrogens (tertiary/aromatic N) is 6. The van der Waals surface area contributed by atoms with Gasteiger partial charge in [0.2, 0.25) is 0 Å². The molecule has 0 fully saturated rings. The fourth-order valence-corrected chi connectivity index (χ4v) is 2.86. The van der Waals surface area contributed by atoms with Crippen molar-refractivity contribution in [2.24, 2.45) is 0 Å². The molecular formula is C17H15FN6. The lowest BCUT2D eigenvalue weighted by molar-refractivity contribution is 0.625. The summed E-state index contributed by atoms with van der Waals surface area (Å²) in [6, 6.07) is 6.29. The first-order valence-corrected chi connectivity index (χ1v) is 7.68. The van der Waals surface area contributed by atoms with Crippen molar-refractivity contribution in [1.29, 1.82) is 0 Å². The molecule has 0 radical (unpaired) electrons. The van der Waals surface area contributed by atoms with Gasteiger partial charge in [-0.05, 0) is 25.1 Å². The van der Waals surface area contributed by atoms with Gasteiger partial charge in [0.15, 0.2) is 11.5 Å². The lowest BCUT2D eigenvalue weighted by atomic mass is 10.3. The van der Waals surface area contributed by atoms with Crippen LogP contribution < -0.4 is 0 Å². The van der Waals surface area contributed by atoms with Crippen LogP contribution in [0.25, 0.3) is 22.5 Å². The van der Waals surface area contributed by atoms with Crippen molar-refractivity contribution in [1.82, 2.24) is 29.3 Å². The molecule has 4 rings (SSSR count). The molecule has 3 heterocycles. The van der Waals surface area contributed by atoms with Crippen LogP contribution in [0.1, 0.15) is 18.4 Å². The summed E-state index contributed by atoms with van der Waals surface area (Å²) in [5, 5.41) is 5.37. The summed E-state index contributed by atoms with van der Waals surface area (Å²) in [6.07, 6.45) is 5.91. The molecule has 1 aromatic carbocycles. The van der Waals surface area contributed by atoms with Gasteiger partial charge >= 0.3 is 0 Å².